The smallest absolute Gasteiger partial charge is 0.266 e. The van der Waals surface area contributed by atoms with E-state index in [1.54, 1.807) is 24.3 Å². The molecule has 29 heavy (non-hydrogen) atoms. The van der Waals surface area contributed by atoms with E-state index in [9.17, 15) is 14.4 Å². The summed E-state index contributed by atoms with van der Waals surface area (Å²) < 4.78 is 19.7. The Kier molecular flexibility index (Phi) is 6.77. The van der Waals surface area contributed by atoms with E-state index in [4.69, 9.17) is 4.74 Å². The van der Waals surface area contributed by atoms with Crippen LogP contribution in [0.25, 0.3) is 6.08 Å². The maximum atomic E-state index is 12.9. The van der Waals surface area contributed by atoms with Crippen molar-refractivity contribution in [2.24, 2.45) is 0 Å². The van der Waals surface area contributed by atoms with Gasteiger partial charge in [-0.3, -0.25) is 4.79 Å². The van der Waals surface area contributed by atoms with Gasteiger partial charge in [-0.05, 0) is 65.7 Å². The highest BCUT2D eigenvalue weighted by atomic mass is 79.9. The van der Waals surface area contributed by atoms with Crippen molar-refractivity contribution >= 4 is 33.6 Å². The molecule has 0 atom stereocenters. The molecule has 0 heterocycles. The lowest BCUT2D eigenvalue weighted by Crippen LogP contribution is -2.13. The summed E-state index contributed by atoms with van der Waals surface area (Å²) in [5.74, 6) is -0.282. The minimum Gasteiger partial charge on any atom is -0.489 e. The fourth-order valence-electron chi connectivity index (χ4n) is 2.45. The van der Waals surface area contributed by atoms with E-state index in [-0.39, 0.29) is 5.57 Å². The first-order valence-corrected chi connectivity index (χ1v) is 9.49. The molecule has 0 saturated carbocycles. The molecule has 0 aliphatic heterocycles. The third kappa shape index (κ3) is 6.03. The number of anilines is 1. The monoisotopic (exact) mass is 450 g/mol. The SMILES string of the molecule is N#C/C(=C\c1ccc(OCc2ccc(Br)cc2)cc1)C(=O)Nc1ccc(F)cc1. The molecule has 4 nitrogen and oxygen atoms in total. The van der Waals surface area contributed by atoms with Crippen molar-refractivity contribution in [3.63, 3.8) is 0 Å². The molecule has 0 saturated heterocycles. The fraction of sp³-hybridized carbons (Fsp3) is 0.0435. The Balaban J connectivity index is 1.63. The van der Waals surface area contributed by atoms with Crippen molar-refractivity contribution < 1.29 is 13.9 Å². The van der Waals surface area contributed by atoms with Crippen LogP contribution in [0.5, 0.6) is 5.75 Å². The standard InChI is InChI=1S/C23H16BrFN2O2/c24-19-5-1-17(2-6-19)15-29-22-11-3-16(4-12-22)13-18(14-26)23(28)27-21-9-7-20(25)8-10-21/h1-13H,15H2,(H,27,28)/b18-13+. The molecule has 6 heteroatoms. The molecule has 0 bridgehead atoms. The Morgan fingerprint density at radius 3 is 2.31 bits per heavy atom. The number of hydrogen-bond donors (Lipinski definition) is 1. The lowest BCUT2D eigenvalue weighted by molar-refractivity contribution is -0.112. The van der Waals surface area contributed by atoms with Crippen LogP contribution in [0.4, 0.5) is 10.1 Å². The van der Waals surface area contributed by atoms with Gasteiger partial charge < -0.3 is 10.1 Å². The Morgan fingerprint density at radius 1 is 1.03 bits per heavy atom. The van der Waals surface area contributed by atoms with Crippen molar-refractivity contribution in [1.82, 2.24) is 0 Å². The lowest BCUT2D eigenvalue weighted by Gasteiger charge is -2.07. The Hall–Kier alpha value is -3.43. The minimum absolute atomic E-state index is 0.0575. The third-order valence-electron chi connectivity index (χ3n) is 3.98. The number of carbonyl (C=O) groups excluding carboxylic acids is 1. The summed E-state index contributed by atoms with van der Waals surface area (Å²) in [6, 6.07) is 22.1. The first-order valence-electron chi connectivity index (χ1n) is 8.69. The number of ether oxygens (including phenoxy) is 1. The molecule has 0 aromatic heterocycles. The van der Waals surface area contributed by atoms with E-state index in [0.29, 0.717) is 23.6 Å². The summed E-state index contributed by atoms with van der Waals surface area (Å²) in [7, 11) is 0. The number of nitrogens with one attached hydrogen (secondary N) is 1. The summed E-state index contributed by atoms with van der Waals surface area (Å²) in [5, 5.41) is 11.9. The molecule has 3 aromatic rings. The van der Waals surface area contributed by atoms with Crippen LogP contribution in [0.1, 0.15) is 11.1 Å². The predicted octanol–water partition coefficient (Wildman–Crippen LogP) is 5.71. The molecule has 1 N–H and O–H groups in total. The summed E-state index contributed by atoms with van der Waals surface area (Å²) >= 11 is 3.39. The summed E-state index contributed by atoms with van der Waals surface area (Å²) in [4.78, 5) is 12.3. The fourth-order valence-corrected chi connectivity index (χ4v) is 2.72. The third-order valence-corrected chi connectivity index (χ3v) is 4.51. The van der Waals surface area contributed by atoms with Crippen LogP contribution in [0.15, 0.2) is 82.8 Å². The number of nitriles is 1. The molecule has 0 aliphatic rings. The van der Waals surface area contributed by atoms with E-state index >= 15 is 0 Å². The maximum Gasteiger partial charge on any atom is 0.266 e. The number of halogens is 2. The topological polar surface area (TPSA) is 62.1 Å². The van der Waals surface area contributed by atoms with E-state index in [1.165, 1.54) is 30.3 Å². The largest absolute Gasteiger partial charge is 0.489 e. The van der Waals surface area contributed by atoms with E-state index in [2.05, 4.69) is 21.2 Å². The maximum absolute atomic E-state index is 12.9. The highest BCUT2D eigenvalue weighted by Gasteiger charge is 2.09. The zero-order valence-electron chi connectivity index (χ0n) is 15.2. The van der Waals surface area contributed by atoms with Crippen molar-refractivity contribution in [3.8, 4) is 11.8 Å². The van der Waals surface area contributed by atoms with Crippen LogP contribution in [0.3, 0.4) is 0 Å². The minimum atomic E-state index is -0.560. The van der Waals surface area contributed by atoms with E-state index in [0.717, 1.165) is 10.0 Å². The Labute approximate surface area is 176 Å². The lowest BCUT2D eigenvalue weighted by atomic mass is 10.1. The van der Waals surface area contributed by atoms with Gasteiger partial charge in [0.1, 0.15) is 29.8 Å². The molecule has 0 spiro atoms. The number of rotatable bonds is 6. The summed E-state index contributed by atoms with van der Waals surface area (Å²) in [5.41, 5.74) is 2.08. The Morgan fingerprint density at radius 2 is 1.69 bits per heavy atom. The van der Waals surface area contributed by atoms with Gasteiger partial charge >= 0.3 is 0 Å². The summed E-state index contributed by atoms with van der Waals surface area (Å²) in [6.45, 7) is 0.436. The normalized spacial score (nSPS) is 10.9. The van der Waals surface area contributed by atoms with Crippen molar-refractivity contribution in [3.05, 3.63) is 99.8 Å². The van der Waals surface area contributed by atoms with Gasteiger partial charge in [-0.2, -0.15) is 5.26 Å². The first kappa shape index (κ1) is 20.3. The van der Waals surface area contributed by atoms with Crippen molar-refractivity contribution in [2.45, 2.75) is 6.61 Å². The van der Waals surface area contributed by atoms with Gasteiger partial charge in [0.15, 0.2) is 0 Å². The van der Waals surface area contributed by atoms with Crippen LogP contribution in [-0.2, 0) is 11.4 Å². The quantitative estimate of drug-likeness (QED) is 0.386. The molecular weight excluding hydrogens is 435 g/mol. The van der Waals surface area contributed by atoms with Crippen LogP contribution in [0.2, 0.25) is 0 Å². The molecule has 0 radical (unpaired) electrons. The van der Waals surface area contributed by atoms with Gasteiger partial charge in [0, 0.05) is 10.2 Å². The highest BCUT2D eigenvalue weighted by molar-refractivity contribution is 9.10. The second-order valence-corrected chi connectivity index (χ2v) is 7.03. The molecule has 3 aromatic carbocycles. The van der Waals surface area contributed by atoms with Gasteiger partial charge in [0.25, 0.3) is 5.91 Å². The van der Waals surface area contributed by atoms with Crippen LogP contribution >= 0.6 is 15.9 Å². The van der Waals surface area contributed by atoms with Crippen LogP contribution < -0.4 is 10.1 Å². The second kappa shape index (κ2) is 9.67. The van der Waals surface area contributed by atoms with Crippen LogP contribution in [-0.4, -0.2) is 5.91 Å². The zero-order valence-corrected chi connectivity index (χ0v) is 16.8. The van der Waals surface area contributed by atoms with E-state index in [1.807, 2.05) is 30.3 Å². The summed E-state index contributed by atoms with van der Waals surface area (Å²) in [6.07, 6.45) is 1.48. The molecule has 144 valence electrons. The highest BCUT2D eigenvalue weighted by Crippen LogP contribution is 2.18. The molecule has 3 rings (SSSR count). The predicted molar refractivity (Wildman–Crippen MR) is 114 cm³/mol. The molecule has 0 unspecified atom stereocenters. The van der Waals surface area contributed by atoms with Gasteiger partial charge in [0.05, 0.1) is 0 Å². The average molecular weight is 451 g/mol. The number of hydrogen-bond acceptors (Lipinski definition) is 3. The van der Waals surface area contributed by atoms with Gasteiger partial charge in [-0.25, -0.2) is 4.39 Å². The van der Waals surface area contributed by atoms with Gasteiger partial charge in [-0.15, -0.1) is 0 Å². The van der Waals surface area contributed by atoms with Gasteiger partial charge in [-0.1, -0.05) is 40.2 Å². The van der Waals surface area contributed by atoms with Crippen molar-refractivity contribution in [1.29, 1.82) is 5.26 Å². The number of amides is 1. The van der Waals surface area contributed by atoms with Crippen molar-refractivity contribution in [2.75, 3.05) is 5.32 Å². The first-order chi connectivity index (χ1) is 14.0. The molecule has 0 fully saturated rings. The molecule has 1 amide bonds. The average Bonchev–Trinajstić information content (AvgIpc) is 2.74. The number of nitrogens with zero attached hydrogens (tertiary/aromatic N) is 1. The van der Waals surface area contributed by atoms with E-state index < -0.39 is 11.7 Å². The number of carbonyl (C=O) groups is 1. The molecular formula is C23H16BrFN2O2. The number of benzene rings is 3. The second-order valence-electron chi connectivity index (χ2n) is 6.12. The van der Waals surface area contributed by atoms with Crippen LogP contribution in [0, 0.1) is 17.1 Å². The molecule has 0 aliphatic carbocycles. The Bertz CT molecular complexity index is 1050. The zero-order chi connectivity index (χ0) is 20.6. The van der Waals surface area contributed by atoms with Gasteiger partial charge in [0.2, 0.25) is 0 Å².